The summed E-state index contributed by atoms with van der Waals surface area (Å²) in [6.07, 6.45) is 2.60. The van der Waals surface area contributed by atoms with Gasteiger partial charge in [-0.3, -0.25) is 9.48 Å². The molecule has 9 heteroatoms. The third kappa shape index (κ3) is 3.17. The second-order valence-corrected chi connectivity index (χ2v) is 6.83. The highest BCUT2D eigenvalue weighted by Crippen LogP contribution is 2.33. The fraction of sp³-hybridized carbons (Fsp3) is 0.444. The van der Waals surface area contributed by atoms with E-state index in [1.165, 1.54) is 10.7 Å². The summed E-state index contributed by atoms with van der Waals surface area (Å²) >= 11 is 0. The number of likely N-dealkylation sites (tertiary alicyclic amines) is 1. The minimum Gasteiger partial charge on any atom is -0.341 e. The van der Waals surface area contributed by atoms with Crippen molar-refractivity contribution in [3.63, 3.8) is 0 Å². The summed E-state index contributed by atoms with van der Waals surface area (Å²) in [5.74, 6) is -0.0657. The molecule has 1 fully saturated rings. The predicted octanol–water partition coefficient (Wildman–Crippen LogP) is 2.70. The summed E-state index contributed by atoms with van der Waals surface area (Å²) in [7, 11) is 1.75. The third-order valence-corrected chi connectivity index (χ3v) is 4.89. The first-order chi connectivity index (χ1) is 12.9. The monoisotopic (exact) mass is 374 g/mol. The smallest absolute Gasteiger partial charge is 0.264 e. The summed E-state index contributed by atoms with van der Waals surface area (Å²) in [6, 6.07) is 1.38. The molecule has 7 nitrogen and oxygen atoms in total. The van der Waals surface area contributed by atoms with E-state index in [0.717, 1.165) is 25.9 Å². The minimum absolute atomic E-state index is 0.00346. The van der Waals surface area contributed by atoms with E-state index in [2.05, 4.69) is 15.2 Å². The lowest BCUT2D eigenvalue weighted by molar-refractivity contribution is -0.130. The molecule has 1 amide bonds. The molecule has 0 aliphatic carbocycles. The molecule has 1 saturated heterocycles. The van der Waals surface area contributed by atoms with Crippen LogP contribution in [0.5, 0.6) is 0 Å². The van der Waals surface area contributed by atoms with Crippen LogP contribution in [0.2, 0.25) is 0 Å². The number of hydrogen-bond acceptors (Lipinski definition) is 4. The minimum atomic E-state index is -2.67. The fourth-order valence-electron chi connectivity index (χ4n) is 3.57. The second-order valence-electron chi connectivity index (χ2n) is 6.83. The van der Waals surface area contributed by atoms with Crippen LogP contribution < -0.4 is 0 Å². The van der Waals surface area contributed by atoms with E-state index in [-0.39, 0.29) is 18.0 Å². The van der Waals surface area contributed by atoms with E-state index in [0.29, 0.717) is 28.0 Å². The lowest BCUT2D eigenvalue weighted by atomic mass is 10.1. The average Bonchev–Trinajstić information content (AvgIpc) is 3.36. The zero-order valence-corrected chi connectivity index (χ0v) is 15.2. The largest absolute Gasteiger partial charge is 0.341 e. The molecule has 0 atom stereocenters. The molecule has 0 N–H and O–H groups in total. The van der Waals surface area contributed by atoms with Crippen molar-refractivity contribution in [2.75, 3.05) is 13.1 Å². The fourth-order valence-corrected chi connectivity index (χ4v) is 3.57. The molecule has 1 aliphatic rings. The quantitative estimate of drug-likeness (QED) is 0.704. The Hall–Kier alpha value is -2.84. The zero-order chi connectivity index (χ0) is 19.1. The number of aryl methyl sites for hydroxylation is 2. The number of aromatic nitrogens is 5. The molecular weight excluding hydrogens is 354 g/mol. The van der Waals surface area contributed by atoms with Crippen molar-refractivity contribution in [1.82, 2.24) is 29.4 Å². The number of carbonyl (C=O) groups excluding carboxylic acids is 1. The highest BCUT2D eigenvalue weighted by molar-refractivity contribution is 5.87. The number of fused-ring (bicyclic) bond motifs is 1. The molecule has 3 aromatic rings. The molecule has 1 aliphatic heterocycles. The highest BCUT2D eigenvalue weighted by atomic mass is 19.3. The maximum absolute atomic E-state index is 13.7. The van der Waals surface area contributed by atoms with Crippen molar-refractivity contribution >= 4 is 16.9 Å². The van der Waals surface area contributed by atoms with Gasteiger partial charge in [0.05, 0.1) is 23.0 Å². The molecule has 142 valence electrons. The van der Waals surface area contributed by atoms with E-state index in [1.54, 1.807) is 35.9 Å². The van der Waals surface area contributed by atoms with Crippen LogP contribution in [-0.4, -0.2) is 48.4 Å². The molecule has 0 unspecified atom stereocenters. The molecule has 0 radical (unpaired) electrons. The predicted molar refractivity (Wildman–Crippen MR) is 95.2 cm³/mol. The number of amides is 1. The molecule has 0 spiro atoms. The highest BCUT2D eigenvalue weighted by Gasteiger charge is 2.24. The van der Waals surface area contributed by atoms with Gasteiger partial charge in [0.25, 0.3) is 6.43 Å². The Morgan fingerprint density at radius 2 is 2.04 bits per heavy atom. The maximum atomic E-state index is 13.7. The molecule has 0 aromatic carbocycles. The van der Waals surface area contributed by atoms with E-state index in [9.17, 15) is 13.6 Å². The van der Waals surface area contributed by atoms with Crippen LogP contribution in [0, 0.1) is 6.92 Å². The number of pyridine rings is 1. The molecular formula is C18H20F2N6O. The second kappa shape index (κ2) is 6.71. The van der Waals surface area contributed by atoms with Crippen LogP contribution in [-0.2, 0) is 18.4 Å². The molecule has 3 aromatic heterocycles. The number of hydrogen-bond donors (Lipinski definition) is 0. The van der Waals surface area contributed by atoms with E-state index in [1.807, 2.05) is 0 Å². The normalized spacial score (nSPS) is 14.6. The molecule has 4 heterocycles. The first kappa shape index (κ1) is 17.6. The number of halogens is 2. The van der Waals surface area contributed by atoms with Crippen molar-refractivity contribution in [3.05, 3.63) is 29.7 Å². The van der Waals surface area contributed by atoms with Crippen molar-refractivity contribution < 1.29 is 13.6 Å². The van der Waals surface area contributed by atoms with Crippen LogP contribution >= 0.6 is 0 Å². The summed E-state index contributed by atoms with van der Waals surface area (Å²) in [5, 5.41) is 8.73. The van der Waals surface area contributed by atoms with Crippen molar-refractivity contribution in [2.45, 2.75) is 32.7 Å². The van der Waals surface area contributed by atoms with Crippen molar-refractivity contribution in [1.29, 1.82) is 0 Å². The van der Waals surface area contributed by atoms with Crippen LogP contribution in [0.25, 0.3) is 22.3 Å². The van der Waals surface area contributed by atoms with Crippen LogP contribution in [0.4, 0.5) is 8.78 Å². The number of carbonyl (C=O) groups is 1. The van der Waals surface area contributed by atoms with E-state index >= 15 is 0 Å². The van der Waals surface area contributed by atoms with Gasteiger partial charge in [0.1, 0.15) is 6.54 Å². The SMILES string of the molecule is Cc1nn(CC(=O)N2CCCC2)c2nc(-c3cnn(C)c3)cc(C(F)F)c12. The summed E-state index contributed by atoms with van der Waals surface area (Å²) < 4.78 is 30.5. The molecule has 27 heavy (non-hydrogen) atoms. The van der Waals surface area contributed by atoms with Gasteiger partial charge in [-0.1, -0.05) is 0 Å². The van der Waals surface area contributed by atoms with Gasteiger partial charge < -0.3 is 4.90 Å². The Bertz CT molecular complexity index is 1000. The average molecular weight is 374 g/mol. The Balaban J connectivity index is 1.82. The van der Waals surface area contributed by atoms with Gasteiger partial charge in [-0.2, -0.15) is 10.2 Å². The lowest BCUT2D eigenvalue weighted by Gasteiger charge is -2.15. The Labute approximate surface area is 154 Å². The van der Waals surface area contributed by atoms with Gasteiger partial charge in [0.2, 0.25) is 5.91 Å². The standard InChI is InChI=1S/C18H20F2N6O/c1-11-16-13(17(19)20)7-14(12-8-21-24(2)9-12)22-18(16)26(23-11)10-15(27)25-5-3-4-6-25/h7-9,17H,3-6,10H2,1-2H3. The van der Waals surface area contributed by atoms with Crippen LogP contribution in [0.3, 0.4) is 0 Å². The number of rotatable bonds is 4. The van der Waals surface area contributed by atoms with Gasteiger partial charge >= 0.3 is 0 Å². The van der Waals surface area contributed by atoms with Gasteiger partial charge in [-0.05, 0) is 25.8 Å². The molecule has 0 bridgehead atoms. The molecule has 4 rings (SSSR count). The van der Waals surface area contributed by atoms with Gasteiger partial charge in [-0.15, -0.1) is 0 Å². The first-order valence-corrected chi connectivity index (χ1v) is 8.87. The first-order valence-electron chi connectivity index (χ1n) is 8.87. The van der Waals surface area contributed by atoms with E-state index < -0.39 is 6.43 Å². The Kier molecular flexibility index (Phi) is 4.37. The Morgan fingerprint density at radius 1 is 1.30 bits per heavy atom. The van der Waals surface area contributed by atoms with Gasteiger partial charge in [0, 0.05) is 37.5 Å². The summed E-state index contributed by atoms with van der Waals surface area (Å²) in [5.41, 5.74) is 1.64. The zero-order valence-electron chi connectivity index (χ0n) is 15.2. The van der Waals surface area contributed by atoms with Crippen molar-refractivity contribution in [3.8, 4) is 11.3 Å². The lowest BCUT2D eigenvalue weighted by Crippen LogP contribution is -2.31. The van der Waals surface area contributed by atoms with Crippen LogP contribution in [0.1, 0.15) is 30.5 Å². The third-order valence-electron chi connectivity index (χ3n) is 4.89. The van der Waals surface area contributed by atoms with E-state index in [4.69, 9.17) is 0 Å². The summed E-state index contributed by atoms with van der Waals surface area (Å²) in [6.45, 7) is 3.12. The van der Waals surface area contributed by atoms with Gasteiger partial charge in [0.15, 0.2) is 5.65 Å². The van der Waals surface area contributed by atoms with Gasteiger partial charge in [-0.25, -0.2) is 18.4 Å². The van der Waals surface area contributed by atoms with Crippen molar-refractivity contribution in [2.24, 2.45) is 7.05 Å². The number of nitrogens with zero attached hydrogens (tertiary/aromatic N) is 6. The maximum Gasteiger partial charge on any atom is 0.264 e. The summed E-state index contributed by atoms with van der Waals surface area (Å²) in [4.78, 5) is 18.8. The van der Waals surface area contributed by atoms with Crippen LogP contribution in [0.15, 0.2) is 18.5 Å². The topological polar surface area (TPSA) is 68.8 Å². The number of alkyl halides is 2. The molecule has 0 saturated carbocycles. The Morgan fingerprint density at radius 3 is 2.67 bits per heavy atom.